The van der Waals surface area contributed by atoms with Gasteiger partial charge in [-0.3, -0.25) is 9.59 Å². The number of carbonyl (C=O) groups excluding carboxylic acids is 2. The molecule has 0 aromatic carbocycles. The minimum Gasteiger partial charge on any atom is -0.468 e. The van der Waals surface area contributed by atoms with Gasteiger partial charge in [0.25, 0.3) is 5.91 Å². The highest BCUT2D eigenvalue weighted by Crippen LogP contribution is 2.22. The molecule has 22 heavy (non-hydrogen) atoms. The maximum absolute atomic E-state index is 12.3. The van der Waals surface area contributed by atoms with Crippen molar-refractivity contribution < 1.29 is 22.7 Å². The number of aryl methyl sites for hydroxylation is 1. The summed E-state index contributed by atoms with van der Waals surface area (Å²) in [4.78, 5) is 25.5. The van der Waals surface area contributed by atoms with E-state index >= 15 is 0 Å². The van der Waals surface area contributed by atoms with E-state index in [9.17, 15) is 18.0 Å². The van der Waals surface area contributed by atoms with Gasteiger partial charge in [0.15, 0.2) is 9.84 Å². The van der Waals surface area contributed by atoms with Gasteiger partial charge in [0, 0.05) is 13.1 Å². The fourth-order valence-electron chi connectivity index (χ4n) is 2.33. The first-order chi connectivity index (χ1) is 10.3. The van der Waals surface area contributed by atoms with Crippen molar-refractivity contribution in [1.82, 2.24) is 14.5 Å². The number of hydrogen-bond acceptors (Lipinski definition) is 8. The zero-order valence-electron chi connectivity index (χ0n) is 12.3. The van der Waals surface area contributed by atoms with Crippen LogP contribution in [0.15, 0.2) is 0 Å². The van der Waals surface area contributed by atoms with Crippen LogP contribution >= 0.6 is 11.5 Å². The molecule has 0 radical (unpaired) electrons. The number of sulfone groups is 1. The van der Waals surface area contributed by atoms with Crippen LogP contribution in [0, 0.1) is 6.92 Å². The minimum atomic E-state index is -3.54. The molecule has 8 nitrogen and oxygen atoms in total. The van der Waals surface area contributed by atoms with Crippen molar-refractivity contribution in [1.29, 1.82) is 0 Å². The van der Waals surface area contributed by atoms with Gasteiger partial charge in [-0.2, -0.15) is 0 Å². The summed E-state index contributed by atoms with van der Waals surface area (Å²) in [5.41, 5.74) is 0.579. The van der Waals surface area contributed by atoms with Gasteiger partial charge in [0.2, 0.25) is 0 Å². The van der Waals surface area contributed by atoms with Gasteiger partial charge >= 0.3 is 5.97 Å². The Balaban J connectivity index is 1.97. The Hall–Kier alpha value is -1.55. The van der Waals surface area contributed by atoms with Crippen molar-refractivity contribution in [3.05, 3.63) is 10.6 Å². The van der Waals surface area contributed by atoms with E-state index in [1.807, 2.05) is 0 Å². The fraction of sp³-hybridized carbons (Fsp3) is 0.667. The molecule has 122 valence electrons. The molecule has 1 aromatic heterocycles. The van der Waals surface area contributed by atoms with Crippen LogP contribution in [0.3, 0.4) is 0 Å². The van der Waals surface area contributed by atoms with Crippen LogP contribution in [0.25, 0.3) is 0 Å². The zero-order chi connectivity index (χ0) is 16.3. The monoisotopic (exact) mass is 347 g/mol. The average molecular weight is 347 g/mol. The molecule has 1 amide bonds. The highest BCUT2D eigenvalue weighted by Gasteiger charge is 2.34. The normalized spacial score (nSPS) is 16.5. The maximum Gasteiger partial charge on any atom is 0.320 e. The number of rotatable bonds is 4. The van der Waals surface area contributed by atoms with Crippen LogP contribution in [0.4, 0.5) is 0 Å². The Morgan fingerprint density at radius 1 is 1.36 bits per heavy atom. The van der Waals surface area contributed by atoms with Crippen molar-refractivity contribution in [3.8, 4) is 0 Å². The molecular formula is C12H17N3O5S2. The predicted octanol–water partition coefficient (Wildman–Crippen LogP) is 0.0389. The molecule has 1 fully saturated rings. The van der Waals surface area contributed by atoms with Gasteiger partial charge in [-0.15, -0.1) is 5.10 Å². The van der Waals surface area contributed by atoms with Crippen LogP contribution in [0.2, 0.25) is 0 Å². The van der Waals surface area contributed by atoms with Gasteiger partial charge < -0.3 is 9.64 Å². The number of methoxy groups -OCH3 is 1. The number of likely N-dealkylation sites (tertiary alicyclic amines) is 1. The van der Waals surface area contributed by atoms with E-state index < -0.39 is 26.8 Å². The van der Waals surface area contributed by atoms with Crippen LogP contribution in [-0.4, -0.2) is 66.0 Å². The number of piperidine rings is 1. The fourth-order valence-corrected chi connectivity index (χ4v) is 4.57. The van der Waals surface area contributed by atoms with Crippen molar-refractivity contribution in [2.24, 2.45) is 0 Å². The third-order valence-electron chi connectivity index (χ3n) is 3.63. The average Bonchev–Trinajstić information content (AvgIpc) is 2.92. The number of ether oxygens (including phenoxy) is 1. The van der Waals surface area contributed by atoms with E-state index in [-0.39, 0.29) is 5.91 Å². The lowest BCUT2D eigenvalue weighted by molar-refractivity contribution is -0.137. The highest BCUT2D eigenvalue weighted by molar-refractivity contribution is 7.92. The quantitative estimate of drug-likeness (QED) is 0.708. The molecule has 0 spiro atoms. The third kappa shape index (κ3) is 3.61. The summed E-state index contributed by atoms with van der Waals surface area (Å²) in [5, 5.41) is 3.19. The summed E-state index contributed by atoms with van der Waals surface area (Å²) >= 11 is 1.04. The number of carbonyl (C=O) groups is 2. The Morgan fingerprint density at radius 3 is 2.50 bits per heavy atom. The molecular weight excluding hydrogens is 330 g/mol. The van der Waals surface area contributed by atoms with E-state index in [1.54, 1.807) is 11.8 Å². The topological polar surface area (TPSA) is 107 Å². The van der Waals surface area contributed by atoms with Crippen LogP contribution in [0.5, 0.6) is 0 Å². The van der Waals surface area contributed by atoms with Crippen LogP contribution < -0.4 is 0 Å². The zero-order valence-corrected chi connectivity index (χ0v) is 13.9. The lowest BCUT2D eigenvalue weighted by Gasteiger charge is -2.31. The van der Waals surface area contributed by atoms with Crippen LogP contribution in [-0.2, 0) is 19.4 Å². The van der Waals surface area contributed by atoms with Gasteiger partial charge in [-0.25, -0.2) is 8.42 Å². The highest BCUT2D eigenvalue weighted by atomic mass is 32.2. The molecule has 2 heterocycles. The summed E-state index contributed by atoms with van der Waals surface area (Å²) < 4.78 is 32.3. The minimum absolute atomic E-state index is 0.170. The molecule has 2 rings (SSSR count). The molecule has 0 N–H and O–H groups in total. The number of nitrogens with zero attached hydrogens (tertiary/aromatic N) is 3. The molecule has 0 bridgehead atoms. The Kier molecular flexibility index (Phi) is 5.12. The van der Waals surface area contributed by atoms with Gasteiger partial charge in [-0.05, 0) is 31.3 Å². The molecule has 1 aliphatic rings. The standard InChI is InChI=1S/C12H17N3O5S2/c1-8-11(21-14-13-8)12(17)15-5-3-9(4-6-15)22(18,19)7-10(16)20-2/h9H,3-7H2,1-2H3. The summed E-state index contributed by atoms with van der Waals surface area (Å²) in [7, 11) is -2.38. The Bertz CT molecular complexity index is 662. The second-order valence-electron chi connectivity index (χ2n) is 5.06. The van der Waals surface area contributed by atoms with E-state index in [0.717, 1.165) is 18.6 Å². The summed E-state index contributed by atoms with van der Waals surface area (Å²) in [5.74, 6) is -1.54. The smallest absolute Gasteiger partial charge is 0.320 e. The molecule has 1 aromatic rings. The molecule has 0 saturated carbocycles. The first-order valence-electron chi connectivity index (χ1n) is 6.71. The molecule has 1 saturated heterocycles. The summed E-state index contributed by atoms with van der Waals surface area (Å²) in [6.07, 6.45) is 0.632. The molecule has 1 aliphatic heterocycles. The number of aromatic nitrogens is 2. The molecule has 0 atom stereocenters. The largest absolute Gasteiger partial charge is 0.468 e. The Labute approximate surface area is 132 Å². The second-order valence-corrected chi connectivity index (χ2v) is 8.10. The van der Waals surface area contributed by atoms with Crippen LogP contribution in [0.1, 0.15) is 28.2 Å². The first kappa shape index (κ1) is 16.8. The number of amides is 1. The van der Waals surface area contributed by atoms with E-state index in [1.165, 1.54) is 0 Å². The van der Waals surface area contributed by atoms with E-state index in [2.05, 4.69) is 14.3 Å². The van der Waals surface area contributed by atoms with Crippen molar-refractivity contribution in [2.45, 2.75) is 25.0 Å². The van der Waals surface area contributed by atoms with E-state index in [4.69, 9.17) is 0 Å². The van der Waals surface area contributed by atoms with Crippen molar-refractivity contribution in [3.63, 3.8) is 0 Å². The van der Waals surface area contributed by atoms with Gasteiger partial charge in [-0.1, -0.05) is 4.49 Å². The maximum atomic E-state index is 12.3. The second kappa shape index (κ2) is 6.69. The SMILES string of the molecule is COC(=O)CS(=O)(=O)C1CCN(C(=O)c2snnc2C)CC1. The molecule has 0 aliphatic carbocycles. The van der Waals surface area contributed by atoms with Gasteiger partial charge in [0.05, 0.1) is 18.1 Å². The first-order valence-corrected chi connectivity index (χ1v) is 9.20. The lowest BCUT2D eigenvalue weighted by Crippen LogP contribution is -2.43. The third-order valence-corrected chi connectivity index (χ3v) is 6.57. The predicted molar refractivity (Wildman–Crippen MR) is 79.4 cm³/mol. The molecule has 0 unspecified atom stereocenters. The summed E-state index contributed by atoms with van der Waals surface area (Å²) in [6.45, 7) is 2.38. The van der Waals surface area contributed by atoms with Crippen molar-refractivity contribution >= 4 is 33.2 Å². The lowest BCUT2D eigenvalue weighted by atomic mass is 10.1. The van der Waals surface area contributed by atoms with E-state index in [0.29, 0.717) is 36.5 Å². The molecule has 10 heteroatoms. The summed E-state index contributed by atoms with van der Waals surface area (Å²) in [6, 6.07) is 0. The number of hydrogen-bond donors (Lipinski definition) is 0. The van der Waals surface area contributed by atoms with Gasteiger partial charge in [0.1, 0.15) is 10.6 Å². The Morgan fingerprint density at radius 2 is 2.00 bits per heavy atom. The van der Waals surface area contributed by atoms with Crippen molar-refractivity contribution in [2.75, 3.05) is 26.0 Å². The number of esters is 1.